The maximum Gasteiger partial charge on any atom is 0.306 e. The summed E-state index contributed by atoms with van der Waals surface area (Å²) in [5.41, 5.74) is 4.45. The number of nitrogens with zero attached hydrogens (tertiary/aromatic N) is 3. The predicted octanol–water partition coefficient (Wildman–Crippen LogP) is 4.99. The lowest BCUT2D eigenvalue weighted by molar-refractivity contribution is -0.143. The molecule has 1 aromatic heterocycles. The van der Waals surface area contributed by atoms with Gasteiger partial charge in [0.05, 0.1) is 5.92 Å². The van der Waals surface area contributed by atoms with Gasteiger partial charge >= 0.3 is 5.97 Å². The molecule has 0 amide bonds. The average molecular weight is 393 g/mol. The molecule has 2 aromatic carbocycles. The van der Waals surface area contributed by atoms with Crippen LogP contribution in [0.15, 0.2) is 48.5 Å². The van der Waals surface area contributed by atoms with Crippen LogP contribution in [-0.2, 0) is 11.2 Å². The Kier molecular flexibility index (Phi) is 7.11. The Bertz CT molecular complexity index is 905. The van der Waals surface area contributed by atoms with Crippen molar-refractivity contribution < 1.29 is 9.90 Å². The fourth-order valence-electron chi connectivity index (χ4n) is 3.67. The van der Waals surface area contributed by atoms with Crippen molar-refractivity contribution in [3.05, 3.63) is 54.1 Å². The van der Waals surface area contributed by atoms with Gasteiger partial charge in [0.1, 0.15) is 0 Å². The van der Waals surface area contributed by atoms with Crippen LogP contribution in [0.25, 0.3) is 22.5 Å². The molecule has 0 radical (unpaired) electrons. The molecule has 152 valence electrons. The summed E-state index contributed by atoms with van der Waals surface area (Å²) in [6.45, 7) is 3.97. The molecule has 0 unspecified atom stereocenters. The molecule has 6 nitrogen and oxygen atoms in total. The lowest BCUT2D eigenvalue weighted by atomic mass is 9.90. The third-order valence-corrected chi connectivity index (χ3v) is 5.38. The largest absolute Gasteiger partial charge is 0.481 e. The van der Waals surface area contributed by atoms with E-state index in [0.717, 1.165) is 48.8 Å². The highest BCUT2D eigenvalue weighted by atomic mass is 16.4. The fraction of sp³-hybridized carbons (Fsp3) is 0.391. The monoisotopic (exact) mass is 392 g/mol. The Labute approximate surface area is 171 Å². The molecular formula is C23H28N4O2. The summed E-state index contributed by atoms with van der Waals surface area (Å²) >= 11 is 0. The van der Waals surface area contributed by atoms with Crippen molar-refractivity contribution in [2.24, 2.45) is 11.8 Å². The van der Waals surface area contributed by atoms with E-state index in [2.05, 4.69) is 51.0 Å². The van der Waals surface area contributed by atoms with Crippen LogP contribution in [0.3, 0.4) is 0 Å². The van der Waals surface area contributed by atoms with Crippen molar-refractivity contribution in [1.82, 2.24) is 20.6 Å². The molecule has 3 aromatic rings. The molecule has 0 bridgehead atoms. The number of aromatic amines is 1. The van der Waals surface area contributed by atoms with Gasteiger partial charge in [-0.1, -0.05) is 75.2 Å². The lowest BCUT2D eigenvalue weighted by Gasteiger charge is -2.15. The smallest absolute Gasteiger partial charge is 0.306 e. The summed E-state index contributed by atoms with van der Waals surface area (Å²) in [7, 11) is 0. The van der Waals surface area contributed by atoms with E-state index in [4.69, 9.17) is 0 Å². The van der Waals surface area contributed by atoms with Crippen LogP contribution in [0.5, 0.6) is 0 Å². The minimum absolute atomic E-state index is 0.190. The molecule has 0 saturated heterocycles. The van der Waals surface area contributed by atoms with Crippen molar-refractivity contribution in [2.45, 2.75) is 46.0 Å². The Morgan fingerprint density at radius 3 is 2.34 bits per heavy atom. The SMILES string of the molecule is CC(C)[C@H](CCCCCc1ccc(-c2ccccc2-c2nn[nH]n2)cc1)C(=O)O. The maximum atomic E-state index is 11.3. The second-order valence-electron chi connectivity index (χ2n) is 7.77. The van der Waals surface area contributed by atoms with Crippen molar-refractivity contribution in [2.75, 3.05) is 0 Å². The van der Waals surface area contributed by atoms with Crippen molar-refractivity contribution in [3.63, 3.8) is 0 Å². The molecule has 0 aliphatic carbocycles. The van der Waals surface area contributed by atoms with Gasteiger partial charge in [0, 0.05) is 5.56 Å². The van der Waals surface area contributed by atoms with Crippen molar-refractivity contribution in [3.8, 4) is 22.5 Å². The van der Waals surface area contributed by atoms with Gasteiger partial charge in [-0.15, -0.1) is 10.2 Å². The third kappa shape index (κ3) is 5.50. The van der Waals surface area contributed by atoms with E-state index in [-0.39, 0.29) is 11.8 Å². The van der Waals surface area contributed by atoms with Gasteiger partial charge in [-0.3, -0.25) is 4.79 Å². The third-order valence-electron chi connectivity index (χ3n) is 5.38. The van der Waals surface area contributed by atoms with Crippen LogP contribution < -0.4 is 0 Å². The molecule has 0 spiro atoms. The quantitative estimate of drug-likeness (QED) is 0.474. The van der Waals surface area contributed by atoms with Gasteiger partial charge in [0.15, 0.2) is 0 Å². The molecule has 2 N–H and O–H groups in total. The molecular weight excluding hydrogens is 364 g/mol. The molecule has 0 saturated carbocycles. The number of unbranched alkanes of at least 4 members (excludes halogenated alkanes) is 2. The Morgan fingerprint density at radius 2 is 1.72 bits per heavy atom. The minimum Gasteiger partial charge on any atom is -0.481 e. The molecule has 29 heavy (non-hydrogen) atoms. The first kappa shape index (κ1) is 20.7. The van der Waals surface area contributed by atoms with Crippen LogP contribution in [0.2, 0.25) is 0 Å². The lowest BCUT2D eigenvalue weighted by Crippen LogP contribution is -2.19. The number of aryl methyl sites for hydroxylation is 1. The van der Waals surface area contributed by atoms with Gasteiger partial charge < -0.3 is 5.11 Å². The molecule has 6 heteroatoms. The van der Waals surface area contributed by atoms with Crippen LogP contribution >= 0.6 is 0 Å². The number of benzene rings is 2. The molecule has 0 fully saturated rings. The topological polar surface area (TPSA) is 91.8 Å². The van der Waals surface area contributed by atoms with Crippen LogP contribution in [0, 0.1) is 11.8 Å². The number of carboxylic acid groups (broad SMARTS) is 1. The van der Waals surface area contributed by atoms with E-state index in [1.165, 1.54) is 5.56 Å². The Hall–Kier alpha value is -3.02. The fourth-order valence-corrected chi connectivity index (χ4v) is 3.67. The zero-order valence-corrected chi connectivity index (χ0v) is 17.0. The first-order chi connectivity index (χ1) is 14.1. The number of rotatable bonds is 10. The summed E-state index contributed by atoms with van der Waals surface area (Å²) in [6.07, 6.45) is 4.86. The van der Waals surface area contributed by atoms with Gasteiger partial charge in [0.25, 0.3) is 0 Å². The minimum atomic E-state index is -0.670. The van der Waals surface area contributed by atoms with Crippen molar-refractivity contribution >= 4 is 5.97 Å². The molecule has 3 rings (SSSR count). The van der Waals surface area contributed by atoms with Gasteiger partial charge in [-0.25, -0.2) is 0 Å². The van der Waals surface area contributed by atoms with E-state index in [0.29, 0.717) is 5.82 Å². The Morgan fingerprint density at radius 1 is 1.00 bits per heavy atom. The highest BCUT2D eigenvalue weighted by molar-refractivity contribution is 5.80. The molecule has 0 aliphatic rings. The normalized spacial score (nSPS) is 12.2. The van der Waals surface area contributed by atoms with E-state index < -0.39 is 5.97 Å². The van der Waals surface area contributed by atoms with Gasteiger partial charge in [-0.2, -0.15) is 5.21 Å². The summed E-state index contributed by atoms with van der Waals surface area (Å²) in [4.78, 5) is 11.3. The summed E-state index contributed by atoms with van der Waals surface area (Å²) in [6, 6.07) is 16.6. The molecule has 1 heterocycles. The number of aliphatic carboxylic acids is 1. The number of carbonyl (C=O) groups is 1. The first-order valence-electron chi connectivity index (χ1n) is 10.2. The number of tetrazole rings is 1. The summed E-state index contributed by atoms with van der Waals surface area (Å²) < 4.78 is 0. The Balaban J connectivity index is 1.55. The van der Waals surface area contributed by atoms with E-state index in [1.54, 1.807) is 0 Å². The number of hydrogen-bond acceptors (Lipinski definition) is 4. The van der Waals surface area contributed by atoms with Crippen LogP contribution in [0.4, 0.5) is 0 Å². The van der Waals surface area contributed by atoms with Gasteiger partial charge in [0.2, 0.25) is 5.82 Å². The second-order valence-corrected chi connectivity index (χ2v) is 7.77. The number of hydrogen-bond donors (Lipinski definition) is 2. The second kappa shape index (κ2) is 9.96. The van der Waals surface area contributed by atoms with Crippen LogP contribution in [-0.4, -0.2) is 31.7 Å². The van der Waals surface area contributed by atoms with Crippen molar-refractivity contribution in [1.29, 1.82) is 0 Å². The number of H-pyrrole nitrogens is 1. The van der Waals surface area contributed by atoms with E-state index >= 15 is 0 Å². The number of nitrogens with one attached hydrogen (secondary N) is 1. The predicted molar refractivity (Wildman–Crippen MR) is 113 cm³/mol. The highest BCUT2D eigenvalue weighted by Crippen LogP contribution is 2.30. The standard InChI is InChI=1S/C23H28N4O2/c1-16(2)19(23(28)29)9-5-3-4-8-17-12-14-18(15-13-17)20-10-6-7-11-21(20)22-24-26-27-25-22/h6-7,10-16,19H,3-5,8-9H2,1-2H3,(H,28,29)(H,24,25,26,27)/t19-/m0/s1. The zero-order valence-electron chi connectivity index (χ0n) is 17.0. The average Bonchev–Trinajstić information content (AvgIpc) is 3.25. The summed E-state index contributed by atoms with van der Waals surface area (Å²) in [5.74, 6) is -0.119. The van der Waals surface area contributed by atoms with E-state index in [9.17, 15) is 9.90 Å². The molecule has 1 atom stereocenters. The number of carboxylic acids is 1. The highest BCUT2D eigenvalue weighted by Gasteiger charge is 2.20. The molecule has 0 aliphatic heterocycles. The van der Waals surface area contributed by atoms with Gasteiger partial charge in [-0.05, 0) is 47.1 Å². The first-order valence-corrected chi connectivity index (χ1v) is 10.2. The zero-order chi connectivity index (χ0) is 20.6. The maximum absolute atomic E-state index is 11.3. The van der Waals surface area contributed by atoms with Crippen LogP contribution in [0.1, 0.15) is 45.1 Å². The van der Waals surface area contributed by atoms with E-state index in [1.807, 2.05) is 32.0 Å². The number of aromatic nitrogens is 4. The summed E-state index contributed by atoms with van der Waals surface area (Å²) in [5, 5.41) is 23.6.